The van der Waals surface area contributed by atoms with Gasteiger partial charge in [0, 0.05) is 31.6 Å². The van der Waals surface area contributed by atoms with E-state index in [9.17, 15) is 0 Å². The molecular formula is C14H20ClN3O. The Hall–Kier alpha value is -1.10. The second-order valence-corrected chi connectivity index (χ2v) is 5.05. The number of nitrogens with zero attached hydrogens (tertiary/aromatic N) is 2. The smallest absolute Gasteiger partial charge is 0.112 e. The fraction of sp³-hybridized carbons (Fsp3) is 0.500. The second-order valence-electron chi connectivity index (χ2n) is 4.61. The van der Waals surface area contributed by atoms with Gasteiger partial charge in [-0.3, -0.25) is 0 Å². The van der Waals surface area contributed by atoms with Crippen molar-refractivity contribution in [2.45, 2.75) is 32.4 Å². The molecule has 104 valence electrons. The molecule has 0 aliphatic rings. The standard InChI is InChI=1S/C14H20ClN3O/c1-3-6-18-13-5-4-10(15)7-12(13)17-14(18)8-11(9-16)19-2/h4-5,7,11H,3,6,8-9,16H2,1-2H3. The molecule has 1 aromatic heterocycles. The zero-order valence-corrected chi connectivity index (χ0v) is 12.2. The molecule has 1 aromatic carbocycles. The summed E-state index contributed by atoms with van der Waals surface area (Å²) in [5.74, 6) is 1.01. The van der Waals surface area contributed by atoms with Gasteiger partial charge in [0.25, 0.3) is 0 Å². The molecule has 5 heteroatoms. The molecule has 0 bridgehead atoms. The molecule has 2 N–H and O–H groups in total. The van der Waals surface area contributed by atoms with Crippen LogP contribution in [0.1, 0.15) is 19.2 Å². The third kappa shape index (κ3) is 3.08. The van der Waals surface area contributed by atoms with Gasteiger partial charge < -0.3 is 15.0 Å². The normalized spacial score (nSPS) is 13.1. The molecule has 19 heavy (non-hydrogen) atoms. The molecule has 0 aliphatic heterocycles. The molecule has 0 saturated heterocycles. The van der Waals surface area contributed by atoms with E-state index in [2.05, 4.69) is 16.5 Å². The van der Waals surface area contributed by atoms with Gasteiger partial charge in [-0.05, 0) is 24.6 Å². The summed E-state index contributed by atoms with van der Waals surface area (Å²) in [6.45, 7) is 3.59. The summed E-state index contributed by atoms with van der Waals surface area (Å²) < 4.78 is 7.58. The predicted octanol–water partition coefficient (Wildman–Crippen LogP) is 2.62. The van der Waals surface area contributed by atoms with Crippen LogP contribution in [0.15, 0.2) is 18.2 Å². The van der Waals surface area contributed by atoms with E-state index in [1.54, 1.807) is 7.11 Å². The van der Waals surface area contributed by atoms with Crippen LogP contribution in [0.25, 0.3) is 11.0 Å². The van der Waals surface area contributed by atoms with Crippen molar-refractivity contribution in [2.24, 2.45) is 5.73 Å². The zero-order chi connectivity index (χ0) is 13.8. The third-order valence-corrected chi connectivity index (χ3v) is 3.48. The van der Waals surface area contributed by atoms with Gasteiger partial charge in [0.15, 0.2) is 0 Å². The monoisotopic (exact) mass is 281 g/mol. The lowest BCUT2D eigenvalue weighted by molar-refractivity contribution is 0.107. The quantitative estimate of drug-likeness (QED) is 0.885. The summed E-state index contributed by atoms with van der Waals surface area (Å²) in [5, 5.41) is 0.710. The molecule has 1 heterocycles. The van der Waals surface area contributed by atoms with Crippen LogP contribution in [0.2, 0.25) is 5.02 Å². The first kappa shape index (κ1) is 14.3. The van der Waals surface area contributed by atoms with E-state index in [4.69, 9.17) is 22.1 Å². The number of aromatic nitrogens is 2. The van der Waals surface area contributed by atoms with Crippen LogP contribution in [-0.2, 0) is 17.7 Å². The van der Waals surface area contributed by atoms with Gasteiger partial charge in [0.05, 0.1) is 17.1 Å². The van der Waals surface area contributed by atoms with Gasteiger partial charge in [-0.15, -0.1) is 0 Å². The average molecular weight is 282 g/mol. The molecule has 2 aromatic rings. The van der Waals surface area contributed by atoms with Crippen LogP contribution in [0.4, 0.5) is 0 Å². The Morgan fingerprint density at radius 3 is 2.89 bits per heavy atom. The van der Waals surface area contributed by atoms with E-state index in [0.29, 0.717) is 11.6 Å². The number of ether oxygens (including phenoxy) is 1. The van der Waals surface area contributed by atoms with E-state index in [1.807, 2.05) is 18.2 Å². The van der Waals surface area contributed by atoms with Crippen LogP contribution in [-0.4, -0.2) is 29.3 Å². The molecule has 0 aliphatic carbocycles. The summed E-state index contributed by atoms with van der Waals surface area (Å²) in [4.78, 5) is 4.67. The van der Waals surface area contributed by atoms with Crippen molar-refractivity contribution in [1.29, 1.82) is 0 Å². The fourth-order valence-electron chi connectivity index (χ4n) is 2.25. The van der Waals surface area contributed by atoms with E-state index in [1.165, 1.54) is 0 Å². The number of rotatable bonds is 6. The molecule has 0 saturated carbocycles. The molecule has 1 unspecified atom stereocenters. The van der Waals surface area contributed by atoms with Gasteiger partial charge >= 0.3 is 0 Å². The Morgan fingerprint density at radius 2 is 2.26 bits per heavy atom. The van der Waals surface area contributed by atoms with Crippen molar-refractivity contribution < 1.29 is 4.74 Å². The topological polar surface area (TPSA) is 53.1 Å². The maximum absolute atomic E-state index is 6.02. The van der Waals surface area contributed by atoms with Crippen molar-refractivity contribution in [3.63, 3.8) is 0 Å². The van der Waals surface area contributed by atoms with Crippen LogP contribution in [0.5, 0.6) is 0 Å². The number of fused-ring (bicyclic) bond motifs is 1. The van der Waals surface area contributed by atoms with E-state index >= 15 is 0 Å². The van der Waals surface area contributed by atoms with E-state index in [0.717, 1.165) is 36.2 Å². The predicted molar refractivity (Wildman–Crippen MR) is 78.6 cm³/mol. The summed E-state index contributed by atoms with van der Waals surface area (Å²) >= 11 is 6.02. The Labute approximate surface area is 118 Å². The molecule has 0 spiro atoms. The summed E-state index contributed by atoms with van der Waals surface area (Å²) in [7, 11) is 1.68. The van der Waals surface area contributed by atoms with Crippen molar-refractivity contribution >= 4 is 22.6 Å². The summed E-state index contributed by atoms with van der Waals surface area (Å²) in [5.41, 5.74) is 7.74. The van der Waals surface area contributed by atoms with Crippen LogP contribution in [0, 0.1) is 0 Å². The lowest BCUT2D eigenvalue weighted by Gasteiger charge is -2.14. The summed E-state index contributed by atoms with van der Waals surface area (Å²) in [6, 6.07) is 5.82. The highest BCUT2D eigenvalue weighted by Gasteiger charge is 2.15. The molecule has 4 nitrogen and oxygen atoms in total. The lowest BCUT2D eigenvalue weighted by atomic mass is 10.2. The maximum Gasteiger partial charge on any atom is 0.112 e. The minimum atomic E-state index is 0.00268. The largest absolute Gasteiger partial charge is 0.380 e. The summed E-state index contributed by atoms with van der Waals surface area (Å²) in [6.07, 6.45) is 1.78. The first-order chi connectivity index (χ1) is 9.19. The van der Waals surface area contributed by atoms with Gasteiger partial charge in [-0.1, -0.05) is 18.5 Å². The highest BCUT2D eigenvalue weighted by atomic mass is 35.5. The molecule has 0 amide bonds. The van der Waals surface area contributed by atoms with Crippen molar-refractivity contribution in [3.05, 3.63) is 29.0 Å². The number of aryl methyl sites for hydroxylation is 1. The zero-order valence-electron chi connectivity index (χ0n) is 11.4. The van der Waals surface area contributed by atoms with Gasteiger partial charge in [-0.25, -0.2) is 4.98 Å². The number of hydrogen-bond donors (Lipinski definition) is 1. The number of methoxy groups -OCH3 is 1. The average Bonchev–Trinajstić information content (AvgIpc) is 2.73. The van der Waals surface area contributed by atoms with Crippen molar-refractivity contribution in [2.75, 3.05) is 13.7 Å². The molecule has 1 atom stereocenters. The minimum Gasteiger partial charge on any atom is -0.380 e. The highest BCUT2D eigenvalue weighted by Crippen LogP contribution is 2.22. The minimum absolute atomic E-state index is 0.00268. The Balaban J connectivity index is 2.43. The van der Waals surface area contributed by atoms with Crippen molar-refractivity contribution in [1.82, 2.24) is 9.55 Å². The first-order valence-electron chi connectivity index (χ1n) is 6.57. The number of imidazole rings is 1. The molecular weight excluding hydrogens is 262 g/mol. The SMILES string of the molecule is CCCn1c(CC(CN)OC)nc2cc(Cl)ccc21. The molecule has 2 rings (SSSR count). The van der Waals surface area contributed by atoms with E-state index in [-0.39, 0.29) is 6.10 Å². The number of hydrogen-bond acceptors (Lipinski definition) is 3. The third-order valence-electron chi connectivity index (χ3n) is 3.24. The maximum atomic E-state index is 6.02. The number of nitrogens with two attached hydrogens (primary N) is 1. The van der Waals surface area contributed by atoms with E-state index < -0.39 is 0 Å². The molecule has 0 radical (unpaired) electrons. The number of benzene rings is 1. The van der Waals surface area contributed by atoms with Gasteiger partial charge in [0.2, 0.25) is 0 Å². The number of halogens is 1. The first-order valence-corrected chi connectivity index (χ1v) is 6.94. The van der Waals surface area contributed by atoms with Crippen molar-refractivity contribution in [3.8, 4) is 0 Å². The van der Waals surface area contributed by atoms with Crippen LogP contribution in [0.3, 0.4) is 0 Å². The Kier molecular flexibility index (Phi) is 4.80. The van der Waals surface area contributed by atoms with Gasteiger partial charge in [0.1, 0.15) is 5.82 Å². The Bertz CT molecular complexity index is 549. The second kappa shape index (κ2) is 6.37. The Morgan fingerprint density at radius 1 is 1.47 bits per heavy atom. The van der Waals surface area contributed by atoms with Gasteiger partial charge in [-0.2, -0.15) is 0 Å². The van der Waals surface area contributed by atoms with Crippen LogP contribution < -0.4 is 5.73 Å². The van der Waals surface area contributed by atoms with Crippen LogP contribution >= 0.6 is 11.6 Å². The highest BCUT2D eigenvalue weighted by molar-refractivity contribution is 6.31. The fourth-order valence-corrected chi connectivity index (χ4v) is 2.41. The lowest BCUT2D eigenvalue weighted by Crippen LogP contribution is -2.26. The molecule has 0 fully saturated rings.